The summed E-state index contributed by atoms with van der Waals surface area (Å²) in [4.78, 5) is 31.9. The predicted molar refractivity (Wildman–Crippen MR) is 65.5 cm³/mol. The zero-order valence-electron chi connectivity index (χ0n) is 10.4. The zero-order valence-corrected chi connectivity index (χ0v) is 10.4. The van der Waals surface area contributed by atoms with Crippen LogP contribution in [0.1, 0.15) is 12.5 Å². The third-order valence-corrected chi connectivity index (χ3v) is 2.40. The molecule has 1 aromatic rings. The van der Waals surface area contributed by atoms with Gasteiger partial charge in [-0.3, -0.25) is 14.9 Å². The Kier molecular flexibility index (Phi) is 4.95. The smallest absolute Gasteiger partial charge is 0.325 e. The van der Waals surface area contributed by atoms with Crippen molar-refractivity contribution in [2.45, 2.75) is 19.5 Å². The van der Waals surface area contributed by atoms with Gasteiger partial charge in [0.15, 0.2) is 0 Å². The number of carbonyl (C=O) groups excluding carboxylic acids is 1. The first kappa shape index (κ1) is 15.3. The van der Waals surface area contributed by atoms with Gasteiger partial charge in [0.2, 0.25) is 0 Å². The summed E-state index contributed by atoms with van der Waals surface area (Å²) >= 11 is 0. The standard InChI is InChI=1S/C11H12FN3O5/c1-6(10(16)17)14-11(18)13-5-7-4-8(12)2-3-9(7)15(19)20/h2-4,6H,5H2,1H3,(H,16,17)(H2,13,14,18). The van der Waals surface area contributed by atoms with E-state index in [0.29, 0.717) is 0 Å². The molecule has 0 fully saturated rings. The Bertz CT molecular complexity index is 549. The number of nitrogens with zero attached hydrogens (tertiary/aromatic N) is 1. The van der Waals surface area contributed by atoms with E-state index < -0.39 is 28.8 Å². The van der Waals surface area contributed by atoms with Crippen LogP contribution in [0.3, 0.4) is 0 Å². The molecule has 2 amide bonds. The molecule has 8 nitrogen and oxygen atoms in total. The van der Waals surface area contributed by atoms with Crippen LogP contribution in [0, 0.1) is 15.9 Å². The number of hydrogen-bond donors (Lipinski definition) is 3. The van der Waals surface area contributed by atoms with Crippen molar-refractivity contribution in [2.75, 3.05) is 0 Å². The van der Waals surface area contributed by atoms with Gasteiger partial charge in [-0.05, 0) is 19.1 Å². The molecule has 0 aliphatic rings. The Hall–Kier alpha value is -2.71. The van der Waals surface area contributed by atoms with Gasteiger partial charge in [0.05, 0.1) is 17.0 Å². The van der Waals surface area contributed by atoms with E-state index in [0.717, 1.165) is 18.2 Å². The number of amides is 2. The number of carboxylic acids is 1. The fourth-order valence-corrected chi connectivity index (χ4v) is 1.36. The Morgan fingerprint density at radius 3 is 2.70 bits per heavy atom. The molecule has 0 spiro atoms. The van der Waals surface area contributed by atoms with Crippen molar-refractivity contribution < 1.29 is 24.0 Å². The lowest BCUT2D eigenvalue weighted by molar-refractivity contribution is -0.385. The number of nitro benzene ring substituents is 1. The Balaban J connectivity index is 2.70. The Labute approximate surface area is 112 Å². The van der Waals surface area contributed by atoms with Crippen molar-refractivity contribution in [1.29, 1.82) is 0 Å². The maximum atomic E-state index is 13.0. The van der Waals surface area contributed by atoms with Crippen LogP contribution in [0.2, 0.25) is 0 Å². The van der Waals surface area contributed by atoms with E-state index in [9.17, 15) is 24.1 Å². The Morgan fingerprint density at radius 2 is 2.15 bits per heavy atom. The lowest BCUT2D eigenvalue weighted by Gasteiger charge is -2.10. The number of nitrogens with one attached hydrogen (secondary N) is 2. The first-order valence-electron chi connectivity index (χ1n) is 5.51. The highest BCUT2D eigenvalue weighted by atomic mass is 19.1. The van der Waals surface area contributed by atoms with Crippen LogP contribution < -0.4 is 10.6 Å². The zero-order chi connectivity index (χ0) is 15.3. The van der Waals surface area contributed by atoms with Gasteiger partial charge in [0, 0.05) is 6.07 Å². The first-order chi connectivity index (χ1) is 9.31. The molecule has 20 heavy (non-hydrogen) atoms. The molecule has 3 N–H and O–H groups in total. The number of nitro groups is 1. The lowest BCUT2D eigenvalue weighted by atomic mass is 10.2. The van der Waals surface area contributed by atoms with Gasteiger partial charge in [-0.15, -0.1) is 0 Å². The van der Waals surface area contributed by atoms with E-state index in [1.807, 2.05) is 0 Å². The minimum absolute atomic E-state index is 0.0203. The highest BCUT2D eigenvalue weighted by Crippen LogP contribution is 2.19. The van der Waals surface area contributed by atoms with Gasteiger partial charge < -0.3 is 15.7 Å². The van der Waals surface area contributed by atoms with Crippen molar-refractivity contribution in [1.82, 2.24) is 10.6 Å². The predicted octanol–water partition coefficient (Wildman–Crippen LogP) is 1.01. The van der Waals surface area contributed by atoms with Crippen molar-refractivity contribution in [3.63, 3.8) is 0 Å². The summed E-state index contributed by atoms with van der Waals surface area (Å²) in [6.07, 6.45) is 0. The van der Waals surface area contributed by atoms with E-state index in [1.165, 1.54) is 6.92 Å². The molecule has 0 saturated heterocycles. The molecule has 9 heteroatoms. The maximum absolute atomic E-state index is 13.0. The molecule has 0 aliphatic heterocycles. The normalized spacial score (nSPS) is 11.5. The minimum atomic E-state index is -1.23. The number of hydrogen-bond acceptors (Lipinski definition) is 4. The lowest BCUT2D eigenvalue weighted by Crippen LogP contribution is -2.44. The average Bonchev–Trinajstić information content (AvgIpc) is 2.35. The van der Waals surface area contributed by atoms with Crippen LogP contribution in [-0.2, 0) is 11.3 Å². The largest absolute Gasteiger partial charge is 0.480 e. The number of rotatable bonds is 5. The molecule has 1 unspecified atom stereocenters. The Morgan fingerprint density at radius 1 is 1.50 bits per heavy atom. The van der Waals surface area contributed by atoms with Crippen molar-refractivity contribution in [3.8, 4) is 0 Å². The third kappa shape index (κ3) is 4.19. The molecular formula is C11H12FN3O5. The number of benzene rings is 1. The van der Waals surface area contributed by atoms with E-state index in [4.69, 9.17) is 5.11 Å². The van der Waals surface area contributed by atoms with Crippen LogP contribution in [-0.4, -0.2) is 28.1 Å². The molecule has 1 aromatic carbocycles. The summed E-state index contributed by atoms with van der Waals surface area (Å²) in [6, 6.07) is 0.924. The van der Waals surface area contributed by atoms with Crippen LogP contribution >= 0.6 is 0 Å². The summed E-state index contributed by atoms with van der Waals surface area (Å²) in [7, 11) is 0. The molecule has 0 radical (unpaired) electrons. The van der Waals surface area contributed by atoms with Crippen molar-refractivity contribution in [3.05, 3.63) is 39.7 Å². The van der Waals surface area contributed by atoms with E-state index in [2.05, 4.69) is 10.6 Å². The topological polar surface area (TPSA) is 122 Å². The van der Waals surface area contributed by atoms with Gasteiger partial charge in [0.25, 0.3) is 5.69 Å². The van der Waals surface area contributed by atoms with Gasteiger partial charge in [-0.1, -0.05) is 0 Å². The van der Waals surface area contributed by atoms with E-state index in [-0.39, 0.29) is 17.8 Å². The van der Waals surface area contributed by atoms with E-state index in [1.54, 1.807) is 0 Å². The van der Waals surface area contributed by atoms with Gasteiger partial charge in [-0.25, -0.2) is 9.18 Å². The fourth-order valence-electron chi connectivity index (χ4n) is 1.36. The number of halogens is 1. The molecule has 0 saturated carbocycles. The molecular weight excluding hydrogens is 273 g/mol. The van der Waals surface area contributed by atoms with Gasteiger partial charge in [0.1, 0.15) is 11.9 Å². The third-order valence-electron chi connectivity index (χ3n) is 2.40. The molecule has 0 heterocycles. The van der Waals surface area contributed by atoms with Crippen molar-refractivity contribution >= 4 is 17.7 Å². The summed E-state index contributed by atoms with van der Waals surface area (Å²) in [5.74, 6) is -1.90. The van der Waals surface area contributed by atoms with Crippen LogP contribution in [0.25, 0.3) is 0 Å². The summed E-state index contributed by atoms with van der Waals surface area (Å²) in [5, 5.41) is 23.6. The molecule has 0 aromatic heterocycles. The maximum Gasteiger partial charge on any atom is 0.325 e. The monoisotopic (exact) mass is 285 g/mol. The SMILES string of the molecule is CC(NC(=O)NCc1cc(F)ccc1[N+](=O)[O-])C(=O)O. The highest BCUT2D eigenvalue weighted by molar-refractivity contribution is 5.82. The van der Waals surface area contributed by atoms with Crippen molar-refractivity contribution in [2.24, 2.45) is 0 Å². The van der Waals surface area contributed by atoms with Crippen LogP contribution in [0.4, 0.5) is 14.9 Å². The summed E-state index contributed by atoms with van der Waals surface area (Å²) < 4.78 is 13.0. The first-order valence-corrected chi connectivity index (χ1v) is 5.51. The minimum Gasteiger partial charge on any atom is -0.480 e. The van der Waals surface area contributed by atoms with Crippen LogP contribution in [0.5, 0.6) is 0 Å². The molecule has 108 valence electrons. The number of aliphatic carboxylic acids is 1. The quantitative estimate of drug-likeness (QED) is 0.550. The number of carbonyl (C=O) groups is 2. The molecule has 1 atom stereocenters. The van der Waals surface area contributed by atoms with Gasteiger partial charge >= 0.3 is 12.0 Å². The molecule has 0 bridgehead atoms. The van der Waals surface area contributed by atoms with E-state index >= 15 is 0 Å². The summed E-state index contributed by atoms with van der Waals surface area (Å²) in [6.45, 7) is 0.957. The molecule has 0 aliphatic carbocycles. The highest BCUT2D eigenvalue weighted by Gasteiger charge is 2.17. The fraction of sp³-hybridized carbons (Fsp3) is 0.273. The average molecular weight is 285 g/mol. The number of carboxylic acid groups (broad SMARTS) is 1. The second-order valence-corrected chi connectivity index (χ2v) is 3.92. The summed E-state index contributed by atoms with van der Waals surface area (Å²) in [5.41, 5.74) is -0.355. The molecule has 1 rings (SSSR count). The number of urea groups is 1. The van der Waals surface area contributed by atoms with Crippen LogP contribution in [0.15, 0.2) is 18.2 Å². The second-order valence-electron chi connectivity index (χ2n) is 3.92. The second kappa shape index (κ2) is 6.45. The van der Waals surface area contributed by atoms with Gasteiger partial charge in [-0.2, -0.15) is 0 Å².